The Balaban J connectivity index is 2.16. The molecule has 1 heterocycles. The number of halogens is 4. The zero-order valence-corrected chi connectivity index (χ0v) is 14.1. The third-order valence-corrected chi connectivity index (χ3v) is 3.50. The molecule has 0 amide bonds. The van der Waals surface area contributed by atoms with Crippen molar-refractivity contribution in [2.45, 2.75) is 13.3 Å². The molecule has 0 saturated heterocycles. The summed E-state index contributed by atoms with van der Waals surface area (Å²) in [6.45, 7) is 1.82. The molecule has 0 aliphatic carbocycles. The summed E-state index contributed by atoms with van der Waals surface area (Å²) >= 11 is 5.76. The van der Waals surface area contributed by atoms with Gasteiger partial charge in [-0.25, -0.2) is 0 Å². The van der Waals surface area contributed by atoms with Crippen LogP contribution in [0.2, 0.25) is 5.02 Å². The minimum atomic E-state index is -4.83. The topological polar surface area (TPSA) is 44.8 Å². The Labute approximate surface area is 147 Å². The molecule has 0 unspecified atom stereocenters. The molecule has 0 bridgehead atoms. The van der Waals surface area contributed by atoms with Crippen LogP contribution in [0.4, 0.5) is 13.2 Å². The number of ether oxygens (including phenoxy) is 3. The van der Waals surface area contributed by atoms with Crippen LogP contribution >= 0.6 is 11.6 Å². The fourth-order valence-corrected chi connectivity index (χ4v) is 2.27. The van der Waals surface area contributed by atoms with Crippen LogP contribution < -0.4 is 4.74 Å². The number of alkyl halides is 3. The number of methoxy groups -OCH3 is 1. The van der Waals surface area contributed by atoms with E-state index in [1.165, 1.54) is 31.4 Å². The largest absolute Gasteiger partial charge is 0.573 e. The molecule has 25 heavy (non-hydrogen) atoms. The molecule has 8 heteroatoms. The van der Waals surface area contributed by atoms with Crippen LogP contribution in [-0.4, -0.2) is 25.9 Å². The minimum Gasteiger partial charge on any atom is -0.496 e. The third-order valence-electron chi connectivity index (χ3n) is 3.20. The van der Waals surface area contributed by atoms with Crippen molar-refractivity contribution < 1.29 is 32.2 Å². The molecular formula is C17H14ClF3O4. The number of carbonyl (C=O) groups is 1. The first-order valence-corrected chi connectivity index (χ1v) is 7.43. The van der Waals surface area contributed by atoms with E-state index >= 15 is 0 Å². The van der Waals surface area contributed by atoms with Gasteiger partial charge in [0.1, 0.15) is 18.1 Å². The smallest absolute Gasteiger partial charge is 0.496 e. The van der Waals surface area contributed by atoms with Gasteiger partial charge in [-0.2, -0.15) is 0 Å². The predicted molar refractivity (Wildman–Crippen MR) is 85.9 cm³/mol. The number of allylic oxidation sites excluding steroid dienone is 3. The molecule has 0 N–H and O–H groups in total. The maximum Gasteiger partial charge on any atom is 0.573 e. The minimum absolute atomic E-state index is 0.0772. The molecule has 0 saturated carbocycles. The maximum absolute atomic E-state index is 12.2. The fraction of sp³-hybridized carbons (Fsp3) is 0.235. The lowest BCUT2D eigenvalue weighted by atomic mass is 10.1. The van der Waals surface area contributed by atoms with Crippen molar-refractivity contribution in [1.29, 1.82) is 0 Å². The van der Waals surface area contributed by atoms with E-state index in [0.29, 0.717) is 22.7 Å². The summed E-state index contributed by atoms with van der Waals surface area (Å²) in [5, 5.41) is -0.219. The number of hydrogen-bond acceptors (Lipinski definition) is 4. The van der Waals surface area contributed by atoms with Gasteiger partial charge in [-0.1, -0.05) is 23.7 Å². The molecular weight excluding hydrogens is 361 g/mol. The highest BCUT2D eigenvalue weighted by Gasteiger charge is 2.32. The number of benzene rings is 1. The van der Waals surface area contributed by atoms with Crippen molar-refractivity contribution in [1.82, 2.24) is 0 Å². The molecule has 1 aromatic carbocycles. The lowest BCUT2D eigenvalue weighted by Gasteiger charge is -2.16. The molecule has 0 radical (unpaired) electrons. The third kappa shape index (κ3) is 5.29. The van der Waals surface area contributed by atoms with Crippen LogP contribution in [0.5, 0.6) is 5.75 Å². The molecule has 2 rings (SSSR count). The van der Waals surface area contributed by atoms with E-state index in [4.69, 9.17) is 21.1 Å². The van der Waals surface area contributed by atoms with E-state index in [2.05, 4.69) is 4.74 Å². The highest BCUT2D eigenvalue weighted by molar-refractivity contribution is 6.32. The molecule has 4 nitrogen and oxygen atoms in total. The van der Waals surface area contributed by atoms with Crippen molar-refractivity contribution in [2.24, 2.45) is 0 Å². The van der Waals surface area contributed by atoms with Crippen LogP contribution in [0, 0.1) is 0 Å². The molecule has 1 aromatic rings. The zero-order valence-electron chi connectivity index (χ0n) is 13.3. The Morgan fingerprint density at radius 1 is 1.36 bits per heavy atom. The summed E-state index contributed by atoms with van der Waals surface area (Å²) in [7, 11) is 1.45. The molecule has 0 aromatic heterocycles. The van der Waals surface area contributed by atoms with E-state index in [9.17, 15) is 18.0 Å². The second-order valence-electron chi connectivity index (χ2n) is 5.03. The Morgan fingerprint density at radius 3 is 2.68 bits per heavy atom. The van der Waals surface area contributed by atoms with Crippen LogP contribution in [0.1, 0.15) is 12.5 Å². The standard InChI is InChI=1S/C17H14ClF3O4/c1-10-7-16(23-2)12(9-24-10)14(22)5-3-11-4-6-15(13(18)8-11)25-17(19,20)21/h3-8H,9H2,1-2H3. The Kier molecular flexibility index (Phi) is 5.79. The van der Waals surface area contributed by atoms with E-state index in [1.807, 2.05) is 0 Å². The van der Waals surface area contributed by atoms with Crippen LogP contribution in [0.25, 0.3) is 6.08 Å². The van der Waals surface area contributed by atoms with E-state index in [-0.39, 0.29) is 17.4 Å². The van der Waals surface area contributed by atoms with Crippen molar-refractivity contribution in [2.75, 3.05) is 13.7 Å². The molecule has 0 atom stereocenters. The lowest BCUT2D eigenvalue weighted by Crippen LogP contribution is -2.17. The summed E-state index contributed by atoms with van der Waals surface area (Å²) in [4.78, 5) is 12.2. The average molecular weight is 375 g/mol. The predicted octanol–water partition coefficient (Wildman–Crippen LogP) is 4.66. The van der Waals surface area contributed by atoms with Crippen LogP contribution in [0.3, 0.4) is 0 Å². The Bertz CT molecular complexity index is 764. The Hall–Kier alpha value is -2.41. The van der Waals surface area contributed by atoms with Gasteiger partial charge in [-0.3, -0.25) is 4.79 Å². The summed E-state index contributed by atoms with van der Waals surface area (Å²) in [5.74, 6) is 0.186. The molecule has 1 aliphatic rings. The normalized spacial score (nSPS) is 15.0. The first kappa shape index (κ1) is 18.9. The number of ketones is 1. The van der Waals surface area contributed by atoms with E-state index < -0.39 is 12.1 Å². The summed E-state index contributed by atoms with van der Waals surface area (Å²) in [6.07, 6.45) is -0.531. The SMILES string of the molecule is COC1=C(C(=O)C=Cc2ccc(OC(F)(F)F)c(Cl)c2)COC(C)=C1. The summed E-state index contributed by atoms with van der Waals surface area (Å²) in [5.41, 5.74) is 0.781. The van der Waals surface area contributed by atoms with Gasteiger partial charge in [-0.15, -0.1) is 13.2 Å². The molecule has 1 aliphatic heterocycles. The number of hydrogen-bond donors (Lipinski definition) is 0. The lowest BCUT2D eigenvalue weighted by molar-refractivity contribution is -0.274. The van der Waals surface area contributed by atoms with Gasteiger partial charge in [0.2, 0.25) is 0 Å². The first-order chi connectivity index (χ1) is 11.7. The number of carbonyl (C=O) groups excluding carboxylic acids is 1. The Morgan fingerprint density at radius 2 is 2.08 bits per heavy atom. The van der Waals surface area contributed by atoms with E-state index in [0.717, 1.165) is 6.07 Å². The van der Waals surface area contributed by atoms with Crippen LogP contribution in [-0.2, 0) is 14.3 Å². The summed E-state index contributed by atoms with van der Waals surface area (Å²) < 4.78 is 50.9. The van der Waals surface area contributed by atoms with Crippen molar-refractivity contribution in [3.05, 3.63) is 58.0 Å². The van der Waals surface area contributed by atoms with Crippen molar-refractivity contribution >= 4 is 23.5 Å². The van der Waals surface area contributed by atoms with Gasteiger partial charge in [0, 0.05) is 6.08 Å². The van der Waals surface area contributed by atoms with Gasteiger partial charge in [-0.05, 0) is 30.7 Å². The van der Waals surface area contributed by atoms with Crippen LogP contribution in [0.15, 0.2) is 47.4 Å². The van der Waals surface area contributed by atoms with Crippen molar-refractivity contribution in [3.8, 4) is 5.75 Å². The van der Waals surface area contributed by atoms with Gasteiger partial charge in [0.05, 0.1) is 23.5 Å². The molecule has 0 fully saturated rings. The van der Waals surface area contributed by atoms with Gasteiger partial charge >= 0.3 is 6.36 Å². The fourth-order valence-electron chi connectivity index (χ4n) is 2.05. The van der Waals surface area contributed by atoms with Gasteiger partial charge < -0.3 is 14.2 Å². The molecule has 134 valence electrons. The van der Waals surface area contributed by atoms with Gasteiger partial charge in [0.25, 0.3) is 0 Å². The highest BCUT2D eigenvalue weighted by Crippen LogP contribution is 2.31. The maximum atomic E-state index is 12.2. The van der Waals surface area contributed by atoms with E-state index in [1.54, 1.807) is 13.0 Å². The monoisotopic (exact) mass is 374 g/mol. The quantitative estimate of drug-likeness (QED) is 0.703. The second-order valence-corrected chi connectivity index (χ2v) is 5.43. The highest BCUT2D eigenvalue weighted by atomic mass is 35.5. The van der Waals surface area contributed by atoms with Gasteiger partial charge in [0.15, 0.2) is 5.78 Å². The average Bonchev–Trinajstić information content (AvgIpc) is 2.53. The molecule has 0 spiro atoms. The number of rotatable bonds is 5. The summed E-state index contributed by atoms with van der Waals surface area (Å²) in [6, 6.07) is 3.69. The second kappa shape index (κ2) is 7.65. The first-order valence-electron chi connectivity index (χ1n) is 7.05. The zero-order chi connectivity index (χ0) is 18.6. The van der Waals surface area contributed by atoms with Crippen molar-refractivity contribution in [3.63, 3.8) is 0 Å².